The van der Waals surface area contributed by atoms with Crippen molar-refractivity contribution in [2.45, 2.75) is 44.4 Å². The molecule has 1 N–H and O–H groups in total. The van der Waals surface area contributed by atoms with Gasteiger partial charge in [-0.1, -0.05) is 12.1 Å². The van der Waals surface area contributed by atoms with Gasteiger partial charge in [0, 0.05) is 24.2 Å². The molecule has 1 fully saturated rings. The minimum Gasteiger partial charge on any atom is -0.497 e. The number of benzene rings is 2. The van der Waals surface area contributed by atoms with Crippen molar-refractivity contribution in [3.8, 4) is 5.75 Å². The molecule has 0 spiro atoms. The molecular weight excluding hydrogens is 445 g/mol. The summed E-state index contributed by atoms with van der Waals surface area (Å²) in [6.07, 6.45) is 0.919. The number of hydrogen-bond donors (Lipinski definition) is 1. The van der Waals surface area contributed by atoms with Crippen LogP contribution < -0.4 is 10.1 Å². The van der Waals surface area contributed by atoms with Crippen LogP contribution in [0.3, 0.4) is 0 Å². The maximum absolute atomic E-state index is 12.7. The third kappa shape index (κ3) is 6.05. The Morgan fingerprint density at radius 1 is 1.06 bits per heavy atom. The Bertz CT molecular complexity index is 1120. The van der Waals surface area contributed by atoms with Gasteiger partial charge in [0.25, 0.3) is 0 Å². The van der Waals surface area contributed by atoms with Gasteiger partial charge in [-0.05, 0) is 73.6 Å². The van der Waals surface area contributed by atoms with Crippen LogP contribution in [0.5, 0.6) is 5.75 Å². The predicted octanol–water partition coefficient (Wildman–Crippen LogP) is 5.77. The van der Waals surface area contributed by atoms with Crippen molar-refractivity contribution in [3.05, 3.63) is 71.4 Å². The SMILES string of the molecule is COc1ccc2ncc(C(=O)OCC3CCC(NCc4ccc(C(F)(F)F)cc4)CC3)cc2c1. The van der Waals surface area contributed by atoms with Crippen molar-refractivity contribution >= 4 is 16.9 Å². The van der Waals surface area contributed by atoms with Crippen molar-refractivity contribution in [2.75, 3.05) is 13.7 Å². The minimum absolute atomic E-state index is 0.293. The van der Waals surface area contributed by atoms with Crippen molar-refractivity contribution in [3.63, 3.8) is 0 Å². The molecule has 0 saturated heterocycles. The Balaban J connectivity index is 1.21. The Hall–Kier alpha value is -3.13. The van der Waals surface area contributed by atoms with Gasteiger partial charge in [-0.3, -0.25) is 4.98 Å². The second kappa shape index (κ2) is 10.4. The van der Waals surface area contributed by atoms with Gasteiger partial charge in [-0.2, -0.15) is 13.2 Å². The number of nitrogens with one attached hydrogen (secondary N) is 1. The second-order valence-corrected chi connectivity index (χ2v) is 8.67. The van der Waals surface area contributed by atoms with Crippen molar-refractivity contribution in [1.82, 2.24) is 10.3 Å². The van der Waals surface area contributed by atoms with Crippen LogP contribution >= 0.6 is 0 Å². The third-order valence-corrected chi connectivity index (χ3v) is 6.30. The molecule has 0 radical (unpaired) electrons. The number of carbonyl (C=O) groups is 1. The summed E-state index contributed by atoms with van der Waals surface area (Å²) in [5.41, 5.74) is 1.38. The van der Waals surface area contributed by atoms with Gasteiger partial charge in [-0.15, -0.1) is 0 Å². The van der Waals surface area contributed by atoms with E-state index < -0.39 is 11.7 Å². The molecule has 1 aromatic heterocycles. The summed E-state index contributed by atoms with van der Waals surface area (Å²) in [7, 11) is 1.59. The summed E-state index contributed by atoms with van der Waals surface area (Å²) in [6.45, 7) is 0.892. The fourth-order valence-corrected chi connectivity index (χ4v) is 4.23. The van der Waals surface area contributed by atoms with Crippen LogP contribution in [-0.2, 0) is 17.5 Å². The number of esters is 1. The number of hydrogen-bond acceptors (Lipinski definition) is 5. The third-order valence-electron chi connectivity index (χ3n) is 6.30. The number of halogens is 3. The quantitative estimate of drug-likeness (QED) is 0.443. The summed E-state index contributed by atoms with van der Waals surface area (Å²) < 4.78 is 48.8. The Kier molecular flexibility index (Phi) is 7.36. The molecule has 3 aromatic rings. The second-order valence-electron chi connectivity index (χ2n) is 8.67. The molecule has 1 aliphatic carbocycles. The topological polar surface area (TPSA) is 60.5 Å². The molecule has 1 aliphatic rings. The largest absolute Gasteiger partial charge is 0.497 e. The highest BCUT2D eigenvalue weighted by molar-refractivity contribution is 5.93. The fraction of sp³-hybridized carbons (Fsp3) is 0.385. The van der Waals surface area contributed by atoms with E-state index >= 15 is 0 Å². The number of fused-ring (bicyclic) bond motifs is 1. The van der Waals surface area contributed by atoms with E-state index in [1.165, 1.54) is 18.3 Å². The lowest BCUT2D eigenvalue weighted by molar-refractivity contribution is -0.137. The van der Waals surface area contributed by atoms with E-state index in [1.54, 1.807) is 13.2 Å². The number of alkyl halides is 3. The van der Waals surface area contributed by atoms with E-state index in [0.29, 0.717) is 36.4 Å². The van der Waals surface area contributed by atoms with E-state index in [-0.39, 0.29) is 5.97 Å². The highest BCUT2D eigenvalue weighted by Crippen LogP contribution is 2.29. The van der Waals surface area contributed by atoms with Gasteiger partial charge in [0.2, 0.25) is 0 Å². The van der Waals surface area contributed by atoms with Crippen molar-refractivity contribution < 1.29 is 27.4 Å². The standard InChI is InChI=1S/C26H27F3N2O3/c1-33-23-10-11-24-19(13-23)12-20(15-31-24)25(32)34-16-18-4-8-22(9-5-18)30-14-17-2-6-21(7-3-17)26(27,28)29/h2-3,6-7,10-13,15,18,22,30H,4-5,8-9,14,16H2,1H3. The maximum Gasteiger partial charge on any atom is 0.416 e. The molecule has 5 nitrogen and oxygen atoms in total. The van der Waals surface area contributed by atoms with Crippen LogP contribution in [0.25, 0.3) is 10.9 Å². The molecule has 2 aromatic carbocycles. The molecule has 0 amide bonds. The molecule has 0 aliphatic heterocycles. The molecule has 4 rings (SSSR count). The molecule has 34 heavy (non-hydrogen) atoms. The summed E-state index contributed by atoms with van der Waals surface area (Å²) in [4.78, 5) is 16.8. The van der Waals surface area contributed by atoms with Gasteiger partial charge >= 0.3 is 12.1 Å². The van der Waals surface area contributed by atoms with Gasteiger partial charge in [-0.25, -0.2) is 4.79 Å². The molecule has 1 heterocycles. The molecule has 0 bridgehead atoms. The van der Waals surface area contributed by atoms with Crippen LogP contribution in [0, 0.1) is 5.92 Å². The Morgan fingerprint density at radius 3 is 2.47 bits per heavy atom. The van der Waals surface area contributed by atoms with E-state index in [0.717, 1.165) is 54.3 Å². The highest BCUT2D eigenvalue weighted by atomic mass is 19.4. The number of nitrogens with zero attached hydrogens (tertiary/aromatic N) is 1. The first-order valence-electron chi connectivity index (χ1n) is 11.3. The van der Waals surface area contributed by atoms with Gasteiger partial charge < -0.3 is 14.8 Å². The maximum atomic E-state index is 12.7. The number of methoxy groups -OCH3 is 1. The number of ether oxygens (including phenoxy) is 2. The lowest BCUT2D eigenvalue weighted by atomic mass is 9.86. The van der Waals surface area contributed by atoms with Crippen molar-refractivity contribution in [1.29, 1.82) is 0 Å². The molecule has 0 atom stereocenters. The molecule has 180 valence electrons. The van der Waals surface area contributed by atoms with E-state index in [4.69, 9.17) is 9.47 Å². The van der Waals surface area contributed by atoms with Crippen LogP contribution in [0.1, 0.15) is 47.2 Å². The number of aromatic nitrogens is 1. The zero-order valence-corrected chi connectivity index (χ0v) is 18.9. The van der Waals surface area contributed by atoms with E-state index in [1.807, 2.05) is 18.2 Å². The molecular formula is C26H27F3N2O3. The Morgan fingerprint density at radius 2 is 1.79 bits per heavy atom. The lowest BCUT2D eigenvalue weighted by Crippen LogP contribution is -2.34. The highest BCUT2D eigenvalue weighted by Gasteiger charge is 2.30. The molecule has 0 unspecified atom stereocenters. The van der Waals surface area contributed by atoms with Crippen LogP contribution in [0.4, 0.5) is 13.2 Å². The van der Waals surface area contributed by atoms with E-state index in [9.17, 15) is 18.0 Å². The summed E-state index contributed by atoms with van der Waals surface area (Å²) in [5, 5.41) is 4.24. The summed E-state index contributed by atoms with van der Waals surface area (Å²) in [6, 6.07) is 12.8. The smallest absolute Gasteiger partial charge is 0.416 e. The van der Waals surface area contributed by atoms with Crippen LogP contribution in [0.2, 0.25) is 0 Å². The molecule has 1 saturated carbocycles. The number of pyridine rings is 1. The normalized spacial score (nSPS) is 18.6. The van der Waals surface area contributed by atoms with Crippen LogP contribution in [-0.4, -0.2) is 30.7 Å². The first kappa shape index (κ1) is 24.0. The summed E-state index contributed by atoms with van der Waals surface area (Å²) >= 11 is 0. The zero-order valence-electron chi connectivity index (χ0n) is 18.9. The average molecular weight is 473 g/mol. The van der Waals surface area contributed by atoms with Gasteiger partial charge in [0.15, 0.2) is 0 Å². The zero-order chi connectivity index (χ0) is 24.1. The van der Waals surface area contributed by atoms with E-state index in [2.05, 4.69) is 10.3 Å². The fourth-order valence-electron chi connectivity index (χ4n) is 4.23. The lowest BCUT2D eigenvalue weighted by Gasteiger charge is -2.29. The first-order valence-corrected chi connectivity index (χ1v) is 11.3. The van der Waals surface area contributed by atoms with Gasteiger partial charge in [0.1, 0.15) is 5.75 Å². The van der Waals surface area contributed by atoms with Gasteiger partial charge in [0.05, 0.1) is 30.4 Å². The number of rotatable bonds is 7. The Labute approximate surface area is 196 Å². The average Bonchev–Trinajstić information content (AvgIpc) is 2.85. The first-order chi connectivity index (χ1) is 16.3. The predicted molar refractivity (Wildman–Crippen MR) is 123 cm³/mol. The van der Waals surface area contributed by atoms with Crippen molar-refractivity contribution in [2.24, 2.45) is 5.92 Å². The summed E-state index contributed by atoms with van der Waals surface area (Å²) in [5.74, 6) is 0.602. The molecule has 8 heteroatoms. The van der Waals surface area contributed by atoms with Crippen LogP contribution in [0.15, 0.2) is 54.7 Å². The monoisotopic (exact) mass is 472 g/mol. The number of carbonyl (C=O) groups excluding carboxylic acids is 1. The minimum atomic E-state index is -4.31.